The minimum Gasteiger partial charge on any atom is -0.508 e. The Kier molecular flexibility index (Phi) is 3.86. The Morgan fingerprint density at radius 3 is 2.47 bits per heavy atom. The van der Waals surface area contributed by atoms with Gasteiger partial charge in [0.25, 0.3) is 0 Å². The molecule has 2 heteroatoms. The van der Waals surface area contributed by atoms with Crippen LogP contribution in [0, 0.1) is 6.92 Å². The van der Waals surface area contributed by atoms with Gasteiger partial charge in [-0.1, -0.05) is 29.8 Å². The predicted molar refractivity (Wildman–Crippen MR) is 60.5 cm³/mol. The largest absolute Gasteiger partial charge is 0.508 e. The fourth-order valence-corrected chi connectivity index (χ4v) is 1.15. The van der Waals surface area contributed by atoms with Crippen molar-refractivity contribution in [2.45, 2.75) is 13.8 Å². The smallest absolute Gasteiger partial charge is 0.159 e. The zero-order valence-corrected chi connectivity index (χ0v) is 8.90. The van der Waals surface area contributed by atoms with E-state index in [1.54, 1.807) is 42.5 Å². The van der Waals surface area contributed by atoms with Crippen LogP contribution in [0.15, 0.2) is 42.5 Å². The summed E-state index contributed by atoms with van der Waals surface area (Å²) in [5.41, 5.74) is 1.58. The maximum absolute atomic E-state index is 11.2. The quantitative estimate of drug-likeness (QED) is 0.711. The number of carbonyl (C=O) groups excluding carboxylic acids is 1. The highest BCUT2D eigenvalue weighted by molar-refractivity contribution is 5.93. The molecule has 0 amide bonds. The third-order valence-corrected chi connectivity index (χ3v) is 1.96. The minimum absolute atomic E-state index is 0.0289. The van der Waals surface area contributed by atoms with Gasteiger partial charge in [0, 0.05) is 5.56 Å². The van der Waals surface area contributed by atoms with E-state index in [0.717, 1.165) is 5.56 Å². The predicted octanol–water partition coefficient (Wildman–Crippen LogP) is 3.03. The molecule has 0 saturated carbocycles. The Labute approximate surface area is 89.5 Å². The third-order valence-electron chi connectivity index (χ3n) is 1.96. The molecular weight excluding hydrogens is 188 g/mol. The van der Waals surface area contributed by atoms with Crippen molar-refractivity contribution in [3.63, 3.8) is 0 Å². The number of rotatable bonds is 1. The molecule has 1 aromatic rings. The lowest BCUT2D eigenvalue weighted by molar-refractivity contribution is 0.101. The van der Waals surface area contributed by atoms with Crippen LogP contribution in [-0.4, -0.2) is 10.9 Å². The molecule has 2 nitrogen and oxygen atoms in total. The van der Waals surface area contributed by atoms with Gasteiger partial charge in [0.2, 0.25) is 0 Å². The highest BCUT2D eigenvalue weighted by Gasteiger charge is 1.94. The van der Waals surface area contributed by atoms with Crippen molar-refractivity contribution in [2.75, 3.05) is 0 Å². The lowest BCUT2D eigenvalue weighted by Gasteiger charge is -1.92. The molecule has 0 bridgehead atoms. The number of carbonyl (C=O) groups is 1. The van der Waals surface area contributed by atoms with Crippen LogP contribution in [0.5, 0.6) is 5.75 Å². The average Bonchev–Trinajstić information content (AvgIpc) is 2.19. The van der Waals surface area contributed by atoms with E-state index in [9.17, 15) is 9.90 Å². The highest BCUT2D eigenvalue weighted by Crippen LogP contribution is 2.06. The summed E-state index contributed by atoms with van der Waals surface area (Å²) in [6.45, 7) is 3.41. The summed E-state index contributed by atoms with van der Waals surface area (Å²) in [4.78, 5) is 11.2. The van der Waals surface area contributed by atoms with Crippen LogP contribution in [0.4, 0.5) is 0 Å². The number of ketones is 1. The number of hydrogen-bond donors (Lipinski definition) is 1. The van der Waals surface area contributed by atoms with Crippen molar-refractivity contribution in [1.82, 2.24) is 0 Å². The van der Waals surface area contributed by atoms with Gasteiger partial charge in [-0.05, 0) is 32.0 Å². The van der Waals surface area contributed by atoms with E-state index in [2.05, 4.69) is 0 Å². The number of Topliss-reactive ketones (excluding diaryl/α,β-unsaturated/α-hetero) is 1. The topological polar surface area (TPSA) is 37.3 Å². The molecule has 0 saturated heterocycles. The number of aryl methyl sites for hydroxylation is 1. The molecule has 1 aromatic carbocycles. The number of aromatic hydroxyl groups is 1. The zero-order valence-electron chi connectivity index (χ0n) is 8.90. The van der Waals surface area contributed by atoms with Crippen LogP contribution < -0.4 is 0 Å². The first-order chi connectivity index (χ1) is 7.09. The molecule has 0 aliphatic heterocycles. The second-order valence-electron chi connectivity index (χ2n) is 3.38. The molecule has 78 valence electrons. The molecule has 1 N–H and O–H groups in total. The van der Waals surface area contributed by atoms with Crippen molar-refractivity contribution < 1.29 is 9.90 Å². The van der Waals surface area contributed by atoms with E-state index in [1.807, 2.05) is 6.92 Å². The van der Waals surface area contributed by atoms with Gasteiger partial charge in [-0.25, -0.2) is 0 Å². The molecule has 1 rings (SSSR count). The molecule has 0 spiro atoms. The SMILES string of the molecule is CC(=O)c1ccccc(O)ccc(C)c1. The Hall–Kier alpha value is -1.83. The van der Waals surface area contributed by atoms with Crippen molar-refractivity contribution >= 4 is 5.78 Å². The van der Waals surface area contributed by atoms with Gasteiger partial charge in [-0.2, -0.15) is 0 Å². The summed E-state index contributed by atoms with van der Waals surface area (Å²) >= 11 is 0. The van der Waals surface area contributed by atoms with Crippen LogP contribution in [0.25, 0.3) is 0 Å². The summed E-state index contributed by atoms with van der Waals surface area (Å²) in [5, 5.41) is 9.33. The summed E-state index contributed by atoms with van der Waals surface area (Å²) in [7, 11) is 0. The molecule has 0 aliphatic carbocycles. The van der Waals surface area contributed by atoms with Gasteiger partial charge in [-0.15, -0.1) is 0 Å². The van der Waals surface area contributed by atoms with E-state index < -0.39 is 0 Å². The van der Waals surface area contributed by atoms with Crippen LogP contribution in [0.1, 0.15) is 22.8 Å². The number of hydrogen-bond acceptors (Lipinski definition) is 2. The molecule has 0 radical (unpaired) electrons. The Bertz CT molecular complexity index is 421. The van der Waals surface area contributed by atoms with Crippen molar-refractivity contribution in [1.29, 1.82) is 0 Å². The maximum Gasteiger partial charge on any atom is 0.159 e. The first-order valence-electron chi connectivity index (χ1n) is 4.74. The maximum atomic E-state index is 11.2. The molecule has 0 heterocycles. The van der Waals surface area contributed by atoms with E-state index in [1.165, 1.54) is 6.92 Å². The Balaban J connectivity index is 3.39. The lowest BCUT2D eigenvalue weighted by atomic mass is 10.1. The zero-order chi connectivity index (χ0) is 11.3. The van der Waals surface area contributed by atoms with Gasteiger partial charge in [0.15, 0.2) is 5.78 Å². The van der Waals surface area contributed by atoms with Gasteiger partial charge in [0.05, 0.1) is 0 Å². The summed E-state index contributed by atoms with van der Waals surface area (Å²) in [6, 6.07) is 11.9. The third kappa shape index (κ3) is 3.81. The highest BCUT2D eigenvalue weighted by atomic mass is 16.3. The van der Waals surface area contributed by atoms with Crippen LogP contribution >= 0.6 is 0 Å². The van der Waals surface area contributed by atoms with E-state index in [0.29, 0.717) is 5.56 Å². The molecule has 0 unspecified atom stereocenters. The summed E-state index contributed by atoms with van der Waals surface area (Å²) in [6.07, 6.45) is 0. The lowest BCUT2D eigenvalue weighted by Crippen LogP contribution is -1.89. The van der Waals surface area contributed by atoms with Crippen LogP contribution in [-0.2, 0) is 0 Å². The first kappa shape index (κ1) is 11.2. The normalized spacial score (nSPS) is 9.20. The van der Waals surface area contributed by atoms with Crippen molar-refractivity contribution in [2.24, 2.45) is 0 Å². The molecule has 0 aliphatic rings. The van der Waals surface area contributed by atoms with Crippen molar-refractivity contribution in [3.8, 4) is 5.75 Å². The molecule has 15 heavy (non-hydrogen) atoms. The van der Waals surface area contributed by atoms with Crippen molar-refractivity contribution in [3.05, 3.63) is 53.6 Å². The molecule has 0 fully saturated rings. The van der Waals surface area contributed by atoms with Gasteiger partial charge in [0.1, 0.15) is 5.75 Å². The molecular formula is C13H14O2. The monoisotopic (exact) mass is 202 g/mol. The summed E-state index contributed by atoms with van der Waals surface area (Å²) < 4.78 is 0. The fraction of sp³-hybridized carbons (Fsp3) is 0.154. The van der Waals surface area contributed by atoms with Gasteiger partial charge >= 0.3 is 0 Å². The summed E-state index contributed by atoms with van der Waals surface area (Å²) in [5.74, 6) is 0.222. The fourth-order valence-electron chi connectivity index (χ4n) is 1.15. The van der Waals surface area contributed by atoms with Crippen LogP contribution in [0.2, 0.25) is 0 Å². The average molecular weight is 202 g/mol. The Morgan fingerprint density at radius 1 is 1.13 bits per heavy atom. The van der Waals surface area contributed by atoms with E-state index in [-0.39, 0.29) is 11.5 Å². The van der Waals surface area contributed by atoms with E-state index >= 15 is 0 Å². The van der Waals surface area contributed by atoms with Crippen LogP contribution in [0.3, 0.4) is 0 Å². The second kappa shape index (κ2) is 5.15. The first-order valence-corrected chi connectivity index (χ1v) is 4.74. The molecule has 0 atom stereocenters. The minimum atomic E-state index is 0.0289. The van der Waals surface area contributed by atoms with Gasteiger partial charge < -0.3 is 5.11 Å². The Morgan fingerprint density at radius 2 is 1.80 bits per heavy atom. The van der Waals surface area contributed by atoms with Gasteiger partial charge in [-0.3, -0.25) is 4.79 Å². The van der Waals surface area contributed by atoms with E-state index in [4.69, 9.17) is 0 Å². The standard InChI is InChI=1S/C13H14O2/c1-10-7-8-13(15)6-4-3-5-12(9-10)11(2)14/h3-9,15H,1-2H3. The second-order valence-corrected chi connectivity index (χ2v) is 3.38. The molecule has 0 aromatic heterocycles.